The molecule has 0 aliphatic heterocycles. The van der Waals surface area contributed by atoms with E-state index in [0.29, 0.717) is 17.7 Å². The second-order valence-corrected chi connectivity index (χ2v) is 7.71. The maximum absolute atomic E-state index is 12.9. The molecule has 0 aliphatic rings. The predicted molar refractivity (Wildman–Crippen MR) is 118 cm³/mol. The van der Waals surface area contributed by atoms with Crippen LogP contribution in [0.25, 0.3) is 27.5 Å². The van der Waals surface area contributed by atoms with Gasteiger partial charge in [-0.05, 0) is 28.5 Å². The van der Waals surface area contributed by atoms with Crippen LogP contribution in [-0.2, 0) is 12.3 Å². The summed E-state index contributed by atoms with van der Waals surface area (Å²) in [5, 5.41) is 12.6. The number of hydrogen-bond acceptors (Lipinski definition) is 4. The Bertz CT molecular complexity index is 1430. The lowest BCUT2D eigenvalue weighted by Gasteiger charge is -2.10. The van der Waals surface area contributed by atoms with Gasteiger partial charge in [0, 0.05) is 12.3 Å². The molecule has 142 valence electrons. The molecule has 3 aromatic carbocycles. The van der Waals surface area contributed by atoms with E-state index in [1.165, 1.54) is 16.3 Å². The van der Waals surface area contributed by atoms with Gasteiger partial charge in [0.15, 0.2) is 5.16 Å². The first-order valence-corrected chi connectivity index (χ1v) is 10.3. The lowest BCUT2D eigenvalue weighted by atomic mass is 10.1. The minimum absolute atomic E-state index is 0.0778. The molecule has 0 radical (unpaired) electrons. The normalized spacial score (nSPS) is 11.4. The fourth-order valence-electron chi connectivity index (χ4n) is 3.68. The van der Waals surface area contributed by atoms with Crippen LogP contribution >= 0.6 is 11.8 Å². The molecule has 5 nitrogen and oxygen atoms in total. The van der Waals surface area contributed by atoms with Crippen molar-refractivity contribution in [3.63, 3.8) is 0 Å². The molecule has 6 heteroatoms. The van der Waals surface area contributed by atoms with Crippen LogP contribution in [0.2, 0.25) is 0 Å². The van der Waals surface area contributed by atoms with Crippen LogP contribution in [0.4, 0.5) is 0 Å². The molecule has 0 amide bonds. The van der Waals surface area contributed by atoms with Crippen molar-refractivity contribution in [2.75, 3.05) is 0 Å². The average molecular weight is 398 g/mol. The number of thioether (sulfide) groups is 1. The first-order valence-electron chi connectivity index (χ1n) is 9.35. The summed E-state index contributed by atoms with van der Waals surface area (Å²) in [6, 6.07) is 22.3. The van der Waals surface area contributed by atoms with Crippen molar-refractivity contribution in [1.82, 2.24) is 19.2 Å². The zero-order valence-electron chi connectivity index (χ0n) is 15.7. The Morgan fingerprint density at radius 1 is 0.931 bits per heavy atom. The van der Waals surface area contributed by atoms with Crippen molar-refractivity contribution in [1.29, 1.82) is 0 Å². The molecular weight excluding hydrogens is 380 g/mol. The minimum atomic E-state index is -0.0778. The maximum Gasteiger partial charge on any atom is 0.263 e. The summed E-state index contributed by atoms with van der Waals surface area (Å²) in [4.78, 5) is 12.9. The van der Waals surface area contributed by atoms with Crippen molar-refractivity contribution < 1.29 is 0 Å². The van der Waals surface area contributed by atoms with E-state index < -0.39 is 0 Å². The Morgan fingerprint density at radius 2 is 1.69 bits per heavy atom. The van der Waals surface area contributed by atoms with E-state index >= 15 is 0 Å². The van der Waals surface area contributed by atoms with Gasteiger partial charge in [0.1, 0.15) is 0 Å². The highest BCUT2D eigenvalue weighted by molar-refractivity contribution is 7.98. The number of para-hydroxylation sites is 1. The van der Waals surface area contributed by atoms with Crippen LogP contribution in [-0.4, -0.2) is 19.2 Å². The molecule has 2 aromatic heterocycles. The third kappa shape index (κ3) is 2.93. The molecule has 0 unspecified atom stereocenters. The highest BCUT2D eigenvalue weighted by Crippen LogP contribution is 2.28. The van der Waals surface area contributed by atoms with Crippen LogP contribution in [0.1, 0.15) is 5.56 Å². The molecule has 5 rings (SSSR count). The summed E-state index contributed by atoms with van der Waals surface area (Å²) < 4.78 is 3.58. The largest absolute Gasteiger partial charge is 0.272 e. The summed E-state index contributed by atoms with van der Waals surface area (Å²) in [7, 11) is 0. The highest BCUT2D eigenvalue weighted by Gasteiger charge is 2.16. The standard InChI is InChI=1S/C23H18N4OS/c1-2-14-26-21(28)19-12-5-6-13-20(19)27-22(26)24-25-23(27)29-15-17-10-7-9-16-8-3-4-11-18(16)17/h2-13H,1,14-15H2. The van der Waals surface area contributed by atoms with Crippen LogP contribution < -0.4 is 5.56 Å². The smallest absolute Gasteiger partial charge is 0.263 e. The average Bonchev–Trinajstić information content (AvgIpc) is 3.19. The van der Waals surface area contributed by atoms with E-state index in [1.807, 2.05) is 28.7 Å². The molecule has 29 heavy (non-hydrogen) atoms. The summed E-state index contributed by atoms with van der Waals surface area (Å²) in [6.07, 6.45) is 1.70. The first kappa shape index (κ1) is 17.7. The van der Waals surface area contributed by atoms with Crippen molar-refractivity contribution in [3.8, 4) is 0 Å². The number of hydrogen-bond donors (Lipinski definition) is 0. The first-order chi connectivity index (χ1) is 14.3. The van der Waals surface area contributed by atoms with Crippen LogP contribution in [0.5, 0.6) is 0 Å². The molecule has 2 heterocycles. The molecule has 0 atom stereocenters. The van der Waals surface area contributed by atoms with E-state index in [2.05, 4.69) is 59.2 Å². The van der Waals surface area contributed by atoms with Gasteiger partial charge in [-0.15, -0.1) is 16.8 Å². The molecule has 5 aromatic rings. The van der Waals surface area contributed by atoms with Crippen LogP contribution in [0, 0.1) is 0 Å². The van der Waals surface area contributed by atoms with Gasteiger partial charge in [0.05, 0.1) is 10.9 Å². The minimum Gasteiger partial charge on any atom is -0.272 e. The van der Waals surface area contributed by atoms with Gasteiger partial charge in [0.2, 0.25) is 5.78 Å². The number of benzene rings is 3. The van der Waals surface area contributed by atoms with E-state index in [4.69, 9.17) is 0 Å². The highest BCUT2D eigenvalue weighted by atomic mass is 32.2. The number of fused-ring (bicyclic) bond motifs is 4. The van der Waals surface area contributed by atoms with Gasteiger partial charge in [-0.25, -0.2) is 0 Å². The monoisotopic (exact) mass is 398 g/mol. The Labute approximate surface area is 171 Å². The second kappa shape index (κ2) is 7.22. The topological polar surface area (TPSA) is 52.2 Å². The molecular formula is C23H18N4OS. The molecule has 0 saturated heterocycles. The summed E-state index contributed by atoms with van der Waals surface area (Å²) >= 11 is 1.62. The lowest BCUT2D eigenvalue weighted by Crippen LogP contribution is -2.22. The quantitative estimate of drug-likeness (QED) is 0.319. The number of nitrogens with zero attached hydrogens (tertiary/aromatic N) is 4. The van der Waals surface area contributed by atoms with Crippen LogP contribution in [0.15, 0.2) is 89.3 Å². The van der Waals surface area contributed by atoms with Crippen molar-refractivity contribution in [2.24, 2.45) is 0 Å². The van der Waals surface area contributed by atoms with Crippen LogP contribution in [0.3, 0.4) is 0 Å². The Kier molecular flexibility index (Phi) is 4.41. The Morgan fingerprint density at radius 3 is 2.55 bits per heavy atom. The van der Waals surface area contributed by atoms with Gasteiger partial charge in [0.25, 0.3) is 5.56 Å². The third-order valence-electron chi connectivity index (χ3n) is 5.03. The van der Waals surface area contributed by atoms with E-state index in [9.17, 15) is 4.79 Å². The Balaban J connectivity index is 1.64. The zero-order chi connectivity index (χ0) is 19.8. The number of aromatic nitrogens is 4. The molecule has 0 spiro atoms. The molecule has 0 bridgehead atoms. The third-order valence-corrected chi connectivity index (χ3v) is 6.00. The zero-order valence-corrected chi connectivity index (χ0v) is 16.5. The molecule has 0 saturated carbocycles. The van der Waals surface area contributed by atoms with Gasteiger partial charge in [-0.2, -0.15) is 0 Å². The summed E-state index contributed by atoms with van der Waals surface area (Å²) in [5.41, 5.74) is 1.98. The Hall–Kier alpha value is -3.38. The fraction of sp³-hybridized carbons (Fsp3) is 0.0870. The van der Waals surface area contributed by atoms with Gasteiger partial charge >= 0.3 is 0 Å². The van der Waals surface area contributed by atoms with Gasteiger partial charge in [-0.1, -0.05) is 72.4 Å². The van der Waals surface area contributed by atoms with Gasteiger partial charge in [-0.3, -0.25) is 13.8 Å². The van der Waals surface area contributed by atoms with Crippen molar-refractivity contribution in [3.05, 3.63) is 95.3 Å². The summed E-state index contributed by atoms with van der Waals surface area (Å²) in [5.74, 6) is 1.30. The molecule has 0 fully saturated rings. The maximum atomic E-state index is 12.9. The summed E-state index contributed by atoms with van der Waals surface area (Å²) in [6.45, 7) is 4.16. The van der Waals surface area contributed by atoms with Crippen molar-refractivity contribution in [2.45, 2.75) is 17.5 Å². The lowest BCUT2D eigenvalue weighted by molar-refractivity contribution is 0.783. The molecule has 0 aliphatic carbocycles. The van der Waals surface area contributed by atoms with E-state index in [1.54, 1.807) is 22.4 Å². The second-order valence-electron chi connectivity index (χ2n) is 6.77. The van der Waals surface area contributed by atoms with E-state index in [0.717, 1.165) is 16.4 Å². The SMILES string of the molecule is C=CCn1c(=O)c2ccccc2n2c(SCc3cccc4ccccc34)nnc12. The van der Waals surface area contributed by atoms with E-state index in [-0.39, 0.29) is 5.56 Å². The van der Waals surface area contributed by atoms with Gasteiger partial charge < -0.3 is 0 Å². The number of allylic oxidation sites excluding steroid dienone is 1. The fourth-order valence-corrected chi connectivity index (χ4v) is 4.63. The number of rotatable bonds is 5. The molecule has 0 N–H and O–H groups in total. The van der Waals surface area contributed by atoms with Crippen molar-refractivity contribution >= 4 is 39.2 Å². The predicted octanol–water partition coefficient (Wildman–Crippen LogP) is 4.68.